The molecule has 0 bridgehead atoms. The molecule has 53 heavy (non-hydrogen) atoms. The number of nitrogens with one attached hydrogen (secondary N) is 2. The van der Waals surface area contributed by atoms with Crippen molar-refractivity contribution in [1.29, 1.82) is 0 Å². The van der Waals surface area contributed by atoms with E-state index in [0.717, 1.165) is 33.3 Å². The molecular weight excluding hydrogens is 866 g/mol. The second kappa shape index (κ2) is 17.0. The number of halogens is 2. The van der Waals surface area contributed by atoms with E-state index in [-0.39, 0.29) is 83.4 Å². The fourth-order valence-corrected chi connectivity index (χ4v) is 6.32. The van der Waals surface area contributed by atoms with Crippen molar-refractivity contribution in [3.63, 3.8) is 0 Å². The minimum atomic E-state index is -0.150. The van der Waals surface area contributed by atoms with Gasteiger partial charge in [-0.05, 0) is 56.0 Å². The van der Waals surface area contributed by atoms with Crippen LogP contribution in [0.2, 0.25) is 0 Å². The van der Waals surface area contributed by atoms with Crippen molar-refractivity contribution in [3.05, 3.63) is 128 Å². The summed E-state index contributed by atoms with van der Waals surface area (Å²) in [6.07, 6.45) is 0. The van der Waals surface area contributed by atoms with Gasteiger partial charge in [0.2, 0.25) is 0 Å². The first-order valence-corrected chi connectivity index (χ1v) is 17.4. The van der Waals surface area contributed by atoms with Crippen LogP contribution in [0.4, 0.5) is 0 Å². The van der Waals surface area contributed by atoms with E-state index in [1.165, 1.54) is 22.3 Å². The molecule has 6 rings (SSSR count). The van der Waals surface area contributed by atoms with Gasteiger partial charge in [0.25, 0.3) is 11.1 Å². The van der Waals surface area contributed by atoms with E-state index in [0.29, 0.717) is 10.8 Å². The van der Waals surface area contributed by atoms with Crippen molar-refractivity contribution in [1.82, 2.24) is 20.4 Å². The Hall–Kier alpha value is -3.39. The number of hydrogen-bond acceptors (Lipinski definition) is 4. The Bertz CT molecular complexity index is 2150. The van der Waals surface area contributed by atoms with Crippen molar-refractivity contribution >= 4 is 21.5 Å². The first-order valence-electron chi connectivity index (χ1n) is 17.4. The Morgan fingerprint density at radius 1 is 0.434 bits per heavy atom. The summed E-state index contributed by atoms with van der Waals surface area (Å²) in [5, 5.41) is 17.3. The fraction of sp³-hybridized carbons (Fsp3) is 0.364. The topological polar surface area (TPSA) is 91.5 Å². The van der Waals surface area contributed by atoms with Crippen LogP contribution in [0.1, 0.15) is 105 Å². The van der Waals surface area contributed by atoms with Crippen LogP contribution in [0, 0.1) is 0 Å². The molecule has 0 amide bonds. The SMILES string of the molecule is CC(C)(C)c1ccc(-c2n[nH]c(=O)c3ccccc23)c(C(C)(C)C)c1.CC(C)(C)c1ccc(-c2n[nH]c(=O)c3ccccc23)c(C(C)(C)C)c1.[Cl-].[Cl-].[Hf+2]. The van der Waals surface area contributed by atoms with E-state index < -0.39 is 0 Å². The van der Waals surface area contributed by atoms with Gasteiger partial charge in [-0.25, -0.2) is 10.2 Å². The van der Waals surface area contributed by atoms with E-state index in [4.69, 9.17) is 0 Å². The van der Waals surface area contributed by atoms with Crippen molar-refractivity contribution < 1.29 is 50.7 Å². The molecule has 0 aliphatic rings. The standard InChI is InChI=1S/2C22H26N2O.2ClH.Hf/c2*1-21(2,3)14-11-12-17(18(13-14)22(4,5)6)19-15-9-7-8-10-16(15)20(25)24-23-19;;;/h2*7-13H,1-6H3,(H,24,25);2*1H;/q;;;;+2/p-2. The van der Waals surface area contributed by atoms with Gasteiger partial charge < -0.3 is 24.8 Å². The summed E-state index contributed by atoms with van der Waals surface area (Å²) in [7, 11) is 0. The van der Waals surface area contributed by atoms with Crippen LogP contribution < -0.4 is 35.9 Å². The summed E-state index contributed by atoms with van der Waals surface area (Å²) >= 11 is 0. The molecule has 0 radical (unpaired) electrons. The van der Waals surface area contributed by atoms with Crippen LogP contribution in [-0.4, -0.2) is 20.4 Å². The quantitative estimate of drug-likeness (QED) is 0.253. The molecule has 6 aromatic rings. The minimum Gasteiger partial charge on any atom is -1.00 e. The third kappa shape index (κ3) is 10.0. The molecular formula is C44H52Cl2HfN4O2. The number of aromatic amines is 2. The number of hydrogen-bond donors (Lipinski definition) is 2. The molecule has 0 saturated heterocycles. The Kier molecular flexibility index (Phi) is 14.6. The van der Waals surface area contributed by atoms with Crippen LogP contribution in [0.5, 0.6) is 0 Å². The number of rotatable bonds is 2. The summed E-state index contributed by atoms with van der Waals surface area (Å²) in [4.78, 5) is 24.2. The second-order valence-electron chi connectivity index (χ2n) is 17.4. The molecule has 9 heteroatoms. The van der Waals surface area contributed by atoms with E-state index >= 15 is 0 Å². The van der Waals surface area contributed by atoms with Crippen molar-refractivity contribution in [3.8, 4) is 22.5 Å². The first-order chi connectivity index (χ1) is 23.2. The van der Waals surface area contributed by atoms with Gasteiger partial charge in [0.1, 0.15) is 0 Å². The van der Waals surface area contributed by atoms with Gasteiger partial charge in [0.05, 0.1) is 22.2 Å². The average molecular weight is 918 g/mol. The van der Waals surface area contributed by atoms with Gasteiger partial charge in [0, 0.05) is 21.9 Å². The molecule has 2 N–H and O–H groups in total. The van der Waals surface area contributed by atoms with Crippen LogP contribution in [0.3, 0.4) is 0 Å². The summed E-state index contributed by atoms with van der Waals surface area (Å²) < 4.78 is 0. The molecule has 0 saturated carbocycles. The molecule has 0 atom stereocenters. The summed E-state index contributed by atoms with van der Waals surface area (Å²) in [6.45, 7) is 26.6. The summed E-state index contributed by atoms with van der Waals surface area (Å²) in [6, 6.07) is 28.5. The Morgan fingerprint density at radius 3 is 1.02 bits per heavy atom. The second-order valence-corrected chi connectivity index (χ2v) is 17.4. The van der Waals surface area contributed by atoms with Crippen molar-refractivity contribution in [2.24, 2.45) is 0 Å². The molecule has 2 aromatic heterocycles. The average Bonchev–Trinajstić information content (AvgIpc) is 3.04. The Morgan fingerprint density at radius 2 is 0.736 bits per heavy atom. The zero-order valence-electron chi connectivity index (χ0n) is 33.0. The van der Waals surface area contributed by atoms with Gasteiger partial charge in [-0.2, -0.15) is 10.2 Å². The molecule has 0 aliphatic carbocycles. The number of benzene rings is 4. The monoisotopic (exact) mass is 918 g/mol. The minimum absolute atomic E-state index is 0. The maximum atomic E-state index is 12.1. The zero-order valence-corrected chi connectivity index (χ0v) is 38.2. The third-order valence-corrected chi connectivity index (χ3v) is 9.29. The summed E-state index contributed by atoms with van der Waals surface area (Å²) in [5.74, 6) is 0. The van der Waals surface area contributed by atoms with E-state index in [1.807, 2.05) is 48.5 Å². The predicted octanol–water partition coefficient (Wildman–Crippen LogP) is 4.38. The zero-order chi connectivity index (χ0) is 36.8. The predicted molar refractivity (Wildman–Crippen MR) is 210 cm³/mol. The van der Waals surface area contributed by atoms with E-state index in [1.54, 1.807) is 0 Å². The Labute approximate surface area is 345 Å². The van der Waals surface area contributed by atoms with Gasteiger partial charge in [-0.3, -0.25) is 9.59 Å². The van der Waals surface area contributed by atoms with Gasteiger partial charge in [-0.15, -0.1) is 0 Å². The van der Waals surface area contributed by atoms with Crippen LogP contribution in [0.25, 0.3) is 44.1 Å². The third-order valence-electron chi connectivity index (χ3n) is 9.29. The maximum Gasteiger partial charge on any atom is 2.00 e. The number of fused-ring (bicyclic) bond motifs is 2. The normalized spacial score (nSPS) is 11.8. The number of aromatic nitrogens is 4. The maximum absolute atomic E-state index is 12.1. The molecule has 6 nitrogen and oxygen atoms in total. The van der Waals surface area contributed by atoms with Gasteiger partial charge >= 0.3 is 25.8 Å². The molecule has 278 valence electrons. The van der Waals surface area contributed by atoms with E-state index in [2.05, 4.69) is 140 Å². The molecule has 4 aromatic carbocycles. The largest absolute Gasteiger partial charge is 2.00 e. The van der Waals surface area contributed by atoms with Crippen LogP contribution >= 0.6 is 0 Å². The molecule has 0 fully saturated rings. The van der Waals surface area contributed by atoms with Crippen LogP contribution in [0.15, 0.2) is 94.5 Å². The number of nitrogens with zero attached hydrogens (tertiary/aromatic N) is 2. The van der Waals surface area contributed by atoms with Gasteiger partial charge in [-0.1, -0.05) is 156 Å². The molecule has 0 aliphatic heterocycles. The Balaban J connectivity index is 0.000000347. The van der Waals surface area contributed by atoms with Crippen molar-refractivity contribution in [2.75, 3.05) is 0 Å². The summed E-state index contributed by atoms with van der Waals surface area (Å²) in [5.41, 5.74) is 8.70. The molecule has 0 spiro atoms. The molecule has 2 heterocycles. The van der Waals surface area contributed by atoms with Crippen molar-refractivity contribution in [2.45, 2.75) is 105 Å². The number of H-pyrrole nitrogens is 2. The van der Waals surface area contributed by atoms with Crippen LogP contribution in [-0.2, 0) is 47.5 Å². The fourth-order valence-electron chi connectivity index (χ4n) is 6.32. The molecule has 0 unspecified atom stereocenters. The van der Waals surface area contributed by atoms with Gasteiger partial charge in [0.15, 0.2) is 0 Å². The van der Waals surface area contributed by atoms with E-state index in [9.17, 15) is 9.59 Å². The smallest absolute Gasteiger partial charge is 1.00 e. The first kappa shape index (κ1) is 45.8.